The molecule has 0 spiro atoms. The minimum Gasteiger partial charge on any atom is -0.476 e. The van der Waals surface area contributed by atoms with E-state index in [0.717, 1.165) is 37.2 Å². The number of amides is 1. The van der Waals surface area contributed by atoms with Gasteiger partial charge in [-0.15, -0.1) is 0 Å². The molecule has 3 heterocycles. The molecule has 1 aromatic heterocycles. The normalized spacial score (nSPS) is 18.4. The number of nitrogens with zero attached hydrogens (tertiary/aromatic N) is 5. The molecule has 2 fully saturated rings. The third-order valence-electron chi connectivity index (χ3n) is 7.18. The van der Waals surface area contributed by atoms with Gasteiger partial charge in [-0.05, 0) is 69.8 Å². The first kappa shape index (κ1) is 22.3. The van der Waals surface area contributed by atoms with Gasteiger partial charge in [0.15, 0.2) is 5.69 Å². The van der Waals surface area contributed by atoms with Crippen LogP contribution in [0.4, 0.5) is 10.5 Å². The predicted octanol–water partition coefficient (Wildman–Crippen LogP) is 3.44. The van der Waals surface area contributed by atoms with Crippen molar-refractivity contribution >= 4 is 17.7 Å². The topological polar surface area (TPSA) is 81.9 Å². The van der Waals surface area contributed by atoms with Crippen molar-refractivity contribution in [3.05, 3.63) is 47.3 Å². The van der Waals surface area contributed by atoms with Crippen molar-refractivity contribution in [2.75, 3.05) is 38.1 Å². The molecule has 8 heteroatoms. The van der Waals surface area contributed by atoms with Crippen LogP contribution in [-0.2, 0) is 6.54 Å². The molecule has 0 radical (unpaired) electrons. The molecule has 4 rings (SSSR count). The lowest BCUT2D eigenvalue weighted by Gasteiger charge is -2.45. The molecule has 2 saturated heterocycles. The molecule has 0 saturated carbocycles. The van der Waals surface area contributed by atoms with E-state index in [9.17, 15) is 9.59 Å². The van der Waals surface area contributed by atoms with Crippen molar-refractivity contribution in [3.8, 4) is 0 Å². The van der Waals surface area contributed by atoms with Crippen LogP contribution in [0.2, 0.25) is 0 Å². The van der Waals surface area contributed by atoms with Crippen LogP contribution >= 0.6 is 0 Å². The van der Waals surface area contributed by atoms with Gasteiger partial charge in [0.2, 0.25) is 0 Å². The molecule has 32 heavy (non-hydrogen) atoms. The van der Waals surface area contributed by atoms with Gasteiger partial charge >= 0.3 is 12.0 Å². The summed E-state index contributed by atoms with van der Waals surface area (Å²) in [7, 11) is 2.17. The van der Waals surface area contributed by atoms with Crippen LogP contribution in [0.15, 0.2) is 30.5 Å². The highest BCUT2D eigenvalue weighted by atomic mass is 16.4. The van der Waals surface area contributed by atoms with Gasteiger partial charge in [0, 0.05) is 50.1 Å². The largest absolute Gasteiger partial charge is 0.476 e. The van der Waals surface area contributed by atoms with Gasteiger partial charge in [-0.2, -0.15) is 9.78 Å². The average Bonchev–Trinajstić information content (AvgIpc) is 3.47. The van der Waals surface area contributed by atoms with Crippen LogP contribution in [-0.4, -0.2) is 75.5 Å². The number of piperidine rings is 1. The number of benzene rings is 1. The number of hydrogen-bond acceptors (Lipinski definition) is 5. The van der Waals surface area contributed by atoms with E-state index in [1.54, 1.807) is 4.90 Å². The van der Waals surface area contributed by atoms with E-state index in [1.165, 1.54) is 41.9 Å². The average molecular weight is 440 g/mol. The number of likely N-dealkylation sites (tertiary alicyclic amines) is 1. The lowest BCUT2D eigenvalue weighted by molar-refractivity contribution is 0.0584. The third kappa shape index (κ3) is 4.50. The van der Waals surface area contributed by atoms with Crippen molar-refractivity contribution in [2.45, 2.75) is 51.6 Å². The maximum atomic E-state index is 12.7. The first-order valence-corrected chi connectivity index (χ1v) is 11.4. The van der Waals surface area contributed by atoms with E-state index >= 15 is 0 Å². The lowest BCUT2D eigenvalue weighted by Crippen LogP contribution is -2.53. The van der Waals surface area contributed by atoms with Gasteiger partial charge in [-0.25, -0.2) is 9.59 Å². The molecule has 8 nitrogen and oxygen atoms in total. The number of hydrogen-bond donors (Lipinski definition) is 1. The van der Waals surface area contributed by atoms with E-state index in [-0.39, 0.29) is 17.3 Å². The first-order valence-electron chi connectivity index (χ1n) is 11.4. The summed E-state index contributed by atoms with van der Waals surface area (Å²) in [5.74, 6) is -1.13. The number of rotatable bonds is 5. The second-order valence-electron chi connectivity index (χ2n) is 9.39. The van der Waals surface area contributed by atoms with E-state index in [0.29, 0.717) is 13.1 Å². The summed E-state index contributed by atoms with van der Waals surface area (Å²) in [5.41, 5.74) is 3.88. The molecule has 0 bridgehead atoms. The van der Waals surface area contributed by atoms with Crippen LogP contribution in [0.3, 0.4) is 0 Å². The maximum Gasteiger partial charge on any atom is 0.356 e. The Morgan fingerprint density at radius 2 is 1.81 bits per heavy atom. The van der Waals surface area contributed by atoms with E-state index in [4.69, 9.17) is 5.11 Å². The van der Waals surface area contributed by atoms with Gasteiger partial charge in [0.05, 0.1) is 0 Å². The zero-order chi connectivity index (χ0) is 22.9. The van der Waals surface area contributed by atoms with Gasteiger partial charge in [0.1, 0.15) is 0 Å². The lowest BCUT2D eigenvalue weighted by atomic mass is 9.87. The fourth-order valence-electron chi connectivity index (χ4n) is 4.77. The van der Waals surface area contributed by atoms with Crippen LogP contribution in [0.1, 0.15) is 54.2 Å². The number of aromatic nitrogens is 2. The molecular formula is C24H33N5O3. The van der Waals surface area contributed by atoms with Crippen LogP contribution < -0.4 is 4.90 Å². The zero-order valence-electron chi connectivity index (χ0n) is 19.3. The van der Waals surface area contributed by atoms with Crippen LogP contribution in [0, 0.1) is 6.92 Å². The Balaban J connectivity index is 1.38. The number of anilines is 1. The van der Waals surface area contributed by atoms with Gasteiger partial charge in [0.25, 0.3) is 0 Å². The molecular weight excluding hydrogens is 406 g/mol. The summed E-state index contributed by atoms with van der Waals surface area (Å²) < 4.78 is 1.13. The van der Waals surface area contributed by atoms with E-state index in [2.05, 4.69) is 54.0 Å². The van der Waals surface area contributed by atoms with Gasteiger partial charge < -0.3 is 14.9 Å². The number of aromatic carboxylic acids is 1. The number of aryl methyl sites for hydroxylation is 1. The summed E-state index contributed by atoms with van der Waals surface area (Å²) in [6.07, 6.45) is 5.67. The molecule has 172 valence electrons. The molecule has 0 atom stereocenters. The summed E-state index contributed by atoms with van der Waals surface area (Å²) >= 11 is 0. The monoisotopic (exact) mass is 439 g/mol. The first-order chi connectivity index (χ1) is 15.3. The second kappa shape index (κ2) is 8.94. The third-order valence-corrected chi connectivity index (χ3v) is 7.18. The Morgan fingerprint density at radius 1 is 1.12 bits per heavy atom. The van der Waals surface area contributed by atoms with Gasteiger partial charge in [-0.1, -0.05) is 12.1 Å². The SMILES string of the molecule is Cc1ccc(CN(C)C2(C)CCN(C(=O)n3ccc(C(=O)O)n3)CC2)cc1N1CCCC1. The van der Waals surface area contributed by atoms with Crippen molar-refractivity contribution in [3.63, 3.8) is 0 Å². The van der Waals surface area contributed by atoms with Crippen molar-refractivity contribution in [1.82, 2.24) is 19.6 Å². The fourth-order valence-corrected chi connectivity index (χ4v) is 4.77. The summed E-state index contributed by atoms with van der Waals surface area (Å²) in [4.78, 5) is 30.4. The number of carboxylic acids is 1. The summed E-state index contributed by atoms with van der Waals surface area (Å²) in [5, 5.41) is 12.9. The number of carbonyl (C=O) groups is 2. The minimum atomic E-state index is -1.13. The quantitative estimate of drug-likeness (QED) is 0.769. The van der Waals surface area contributed by atoms with E-state index < -0.39 is 5.97 Å². The van der Waals surface area contributed by atoms with Crippen LogP contribution in [0.25, 0.3) is 0 Å². The maximum absolute atomic E-state index is 12.7. The highest BCUT2D eigenvalue weighted by molar-refractivity contribution is 5.86. The van der Waals surface area contributed by atoms with Crippen molar-refractivity contribution in [2.24, 2.45) is 0 Å². The fraction of sp³-hybridized carbons (Fsp3) is 0.542. The number of carbonyl (C=O) groups excluding carboxylic acids is 1. The smallest absolute Gasteiger partial charge is 0.356 e. The molecule has 1 aromatic carbocycles. The molecule has 2 aliphatic rings. The Hall–Kier alpha value is -2.87. The summed E-state index contributed by atoms with van der Waals surface area (Å²) in [6.45, 7) is 8.85. The van der Waals surface area contributed by atoms with Gasteiger partial charge in [-0.3, -0.25) is 4.90 Å². The molecule has 1 N–H and O–H groups in total. The number of carboxylic acid groups (broad SMARTS) is 1. The Kier molecular flexibility index (Phi) is 6.24. The standard InChI is InChI=1S/C24H33N5O3/c1-18-6-7-19(16-21(18)27-11-4-5-12-27)17-26(3)24(2)9-14-28(15-10-24)23(32)29-13-8-20(25-29)22(30)31/h6-8,13,16H,4-5,9-12,14-15,17H2,1-3H3,(H,30,31). The Bertz CT molecular complexity index is 987. The Labute approximate surface area is 189 Å². The van der Waals surface area contributed by atoms with Crippen LogP contribution in [0.5, 0.6) is 0 Å². The van der Waals surface area contributed by atoms with Crippen molar-refractivity contribution in [1.29, 1.82) is 0 Å². The van der Waals surface area contributed by atoms with E-state index in [1.807, 2.05) is 0 Å². The predicted molar refractivity (Wildman–Crippen MR) is 123 cm³/mol. The molecule has 2 aliphatic heterocycles. The molecule has 0 aliphatic carbocycles. The highest BCUT2D eigenvalue weighted by Gasteiger charge is 2.35. The molecule has 2 aromatic rings. The second-order valence-corrected chi connectivity index (χ2v) is 9.39. The minimum absolute atomic E-state index is 0.00812. The van der Waals surface area contributed by atoms with Crippen molar-refractivity contribution < 1.29 is 14.7 Å². The zero-order valence-corrected chi connectivity index (χ0v) is 19.3. The summed E-state index contributed by atoms with van der Waals surface area (Å²) in [6, 6.07) is 7.88. The highest BCUT2D eigenvalue weighted by Crippen LogP contribution is 2.31. The molecule has 0 unspecified atom stereocenters. The Morgan fingerprint density at radius 3 is 2.44 bits per heavy atom. The molecule has 1 amide bonds.